The van der Waals surface area contributed by atoms with Crippen molar-refractivity contribution in [1.29, 1.82) is 0 Å². The molecular weight excluding hydrogens is 234 g/mol. The average molecular weight is 255 g/mol. The lowest BCUT2D eigenvalue weighted by Gasteiger charge is -2.18. The Morgan fingerprint density at radius 1 is 1.21 bits per heavy atom. The number of fused-ring (bicyclic) bond motifs is 1. The molecule has 0 fully saturated rings. The smallest absolute Gasteiger partial charge is 0.0756 e. The summed E-state index contributed by atoms with van der Waals surface area (Å²) in [4.78, 5) is 0. The molecule has 3 heteroatoms. The second-order valence-corrected chi connectivity index (χ2v) is 6.32. The van der Waals surface area contributed by atoms with Crippen molar-refractivity contribution in [3.05, 3.63) is 35.7 Å². The van der Waals surface area contributed by atoms with Crippen molar-refractivity contribution in [2.24, 2.45) is 7.05 Å². The zero-order chi connectivity index (χ0) is 13.6. The molecule has 1 aliphatic rings. The third-order valence-electron chi connectivity index (χ3n) is 3.70. The van der Waals surface area contributed by atoms with E-state index in [0.29, 0.717) is 0 Å². The van der Waals surface area contributed by atoms with Crippen LogP contribution in [0.2, 0.25) is 0 Å². The lowest BCUT2D eigenvalue weighted by molar-refractivity contribution is 0.554. The number of benzene rings is 1. The van der Waals surface area contributed by atoms with Crippen LogP contribution in [0.5, 0.6) is 0 Å². The van der Waals surface area contributed by atoms with Crippen molar-refractivity contribution in [3.63, 3.8) is 0 Å². The summed E-state index contributed by atoms with van der Waals surface area (Å²) in [7, 11) is 2.00. The highest BCUT2D eigenvalue weighted by Crippen LogP contribution is 2.37. The molecule has 1 aromatic heterocycles. The van der Waals surface area contributed by atoms with Gasteiger partial charge in [-0.05, 0) is 23.6 Å². The highest BCUT2D eigenvalue weighted by Gasteiger charge is 2.25. The maximum atomic E-state index is 4.68. The molecule has 0 unspecified atom stereocenters. The third-order valence-corrected chi connectivity index (χ3v) is 3.70. The summed E-state index contributed by atoms with van der Waals surface area (Å²) < 4.78 is 1.93. The van der Waals surface area contributed by atoms with E-state index in [9.17, 15) is 0 Å². The van der Waals surface area contributed by atoms with Gasteiger partial charge in [-0.1, -0.05) is 32.9 Å². The summed E-state index contributed by atoms with van der Waals surface area (Å²) in [5, 5.41) is 8.13. The number of anilines is 1. The van der Waals surface area contributed by atoms with Gasteiger partial charge in [-0.25, -0.2) is 0 Å². The van der Waals surface area contributed by atoms with E-state index < -0.39 is 0 Å². The molecule has 0 atom stereocenters. The number of nitrogens with one attached hydrogen (secondary N) is 1. The van der Waals surface area contributed by atoms with Gasteiger partial charge in [-0.3, -0.25) is 4.68 Å². The van der Waals surface area contributed by atoms with E-state index in [1.165, 1.54) is 28.1 Å². The zero-order valence-corrected chi connectivity index (χ0v) is 12.1. The Morgan fingerprint density at radius 2 is 2.00 bits per heavy atom. The summed E-state index contributed by atoms with van der Waals surface area (Å²) in [6.07, 6.45) is 3.25. The fourth-order valence-electron chi connectivity index (χ4n) is 2.84. The van der Waals surface area contributed by atoms with Gasteiger partial charge in [0.15, 0.2) is 0 Å². The first-order valence-electron chi connectivity index (χ1n) is 6.87. The molecule has 100 valence electrons. The third kappa shape index (κ3) is 2.03. The summed E-state index contributed by atoms with van der Waals surface area (Å²) in [5.74, 6) is 0. The molecule has 1 aliphatic heterocycles. The molecule has 1 N–H and O–H groups in total. The Bertz CT molecular complexity index is 617. The fraction of sp³-hybridized carbons (Fsp3) is 0.438. The molecule has 3 nitrogen and oxygen atoms in total. The van der Waals surface area contributed by atoms with E-state index in [1.54, 1.807) is 0 Å². The lowest BCUT2D eigenvalue weighted by Crippen LogP contribution is -2.14. The van der Waals surface area contributed by atoms with Crippen molar-refractivity contribution in [1.82, 2.24) is 9.78 Å². The van der Waals surface area contributed by atoms with Crippen LogP contribution < -0.4 is 5.32 Å². The van der Waals surface area contributed by atoms with Crippen LogP contribution in [-0.2, 0) is 18.9 Å². The van der Waals surface area contributed by atoms with Gasteiger partial charge in [-0.2, -0.15) is 5.10 Å². The second-order valence-electron chi connectivity index (χ2n) is 6.32. The molecule has 0 aliphatic carbocycles. The first-order valence-corrected chi connectivity index (χ1v) is 6.87. The summed E-state index contributed by atoms with van der Waals surface area (Å²) in [6, 6.07) is 6.52. The highest BCUT2D eigenvalue weighted by atomic mass is 15.3. The summed E-state index contributed by atoms with van der Waals surface area (Å²) in [5.41, 5.74) is 6.55. The van der Waals surface area contributed by atoms with E-state index >= 15 is 0 Å². The Labute approximate surface area is 114 Å². The van der Waals surface area contributed by atoms with Crippen molar-refractivity contribution < 1.29 is 0 Å². The van der Waals surface area contributed by atoms with E-state index in [4.69, 9.17) is 0 Å². The van der Waals surface area contributed by atoms with Gasteiger partial charge in [0.05, 0.1) is 5.69 Å². The van der Waals surface area contributed by atoms with Gasteiger partial charge < -0.3 is 5.32 Å². The topological polar surface area (TPSA) is 29.9 Å². The SMILES string of the molecule is Cn1cc(-c2cccc3c2CCN3)c(C(C)(C)C)n1. The van der Waals surface area contributed by atoms with Crippen LogP contribution in [0.3, 0.4) is 0 Å². The normalized spacial score (nSPS) is 14.3. The van der Waals surface area contributed by atoms with Crippen LogP contribution in [0.4, 0.5) is 5.69 Å². The molecule has 0 radical (unpaired) electrons. The fourth-order valence-corrected chi connectivity index (χ4v) is 2.84. The van der Waals surface area contributed by atoms with E-state index in [1.807, 2.05) is 11.7 Å². The van der Waals surface area contributed by atoms with Crippen LogP contribution in [0, 0.1) is 0 Å². The molecule has 1 aromatic carbocycles. The number of aromatic nitrogens is 2. The number of nitrogens with zero attached hydrogens (tertiary/aromatic N) is 2. The molecule has 0 spiro atoms. The number of aryl methyl sites for hydroxylation is 1. The summed E-state index contributed by atoms with van der Waals surface area (Å²) in [6.45, 7) is 7.71. The van der Waals surface area contributed by atoms with Crippen LogP contribution in [-0.4, -0.2) is 16.3 Å². The first-order chi connectivity index (χ1) is 8.97. The number of rotatable bonds is 1. The number of hydrogen-bond acceptors (Lipinski definition) is 2. The Kier molecular flexibility index (Phi) is 2.66. The molecule has 0 bridgehead atoms. The van der Waals surface area contributed by atoms with Gasteiger partial charge in [0, 0.05) is 36.5 Å². The minimum Gasteiger partial charge on any atom is -0.384 e. The van der Waals surface area contributed by atoms with Crippen molar-refractivity contribution in [2.75, 3.05) is 11.9 Å². The highest BCUT2D eigenvalue weighted by molar-refractivity contribution is 5.77. The van der Waals surface area contributed by atoms with E-state index in [0.717, 1.165) is 13.0 Å². The Balaban J connectivity index is 2.21. The van der Waals surface area contributed by atoms with Crippen LogP contribution in [0.25, 0.3) is 11.1 Å². The molecular formula is C16H21N3. The van der Waals surface area contributed by atoms with E-state index in [-0.39, 0.29) is 5.41 Å². The molecule has 0 saturated carbocycles. The zero-order valence-electron chi connectivity index (χ0n) is 12.1. The van der Waals surface area contributed by atoms with E-state index in [2.05, 4.69) is 55.6 Å². The monoisotopic (exact) mass is 255 g/mol. The molecule has 0 saturated heterocycles. The molecule has 2 heterocycles. The minimum atomic E-state index is 0.0609. The van der Waals surface area contributed by atoms with Crippen LogP contribution in [0.1, 0.15) is 32.0 Å². The van der Waals surface area contributed by atoms with Gasteiger partial charge in [-0.15, -0.1) is 0 Å². The molecule has 3 rings (SSSR count). The van der Waals surface area contributed by atoms with Gasteiger partial charge >= 0.3 is 0 Å². The van der Waals surface area contributed by atoms with Crippen LogP contribution in [0.15, 0.2) is 24.4 Å². The summed E-state index contributed by atoms with van der Waals surface area (Å²) >= 11 is 0. The lowest BCUT2D eigenvalue weighted by atomic mass is 9.86. The predicted octanol–water partition coefficient (Wildman–Crippen LogP) is 3.35. The second kappa shape index (κ2) is 4.12. The first kappa shape index (κ1) is 12.3. The molecule has 0 amide bonds. The van der Waals surface area contributed by atoms with Gasteiger partial charge in [0.25, 0.3) is 0 Å². The maximum absolute atomic E-state index is 4.68. The van der Waals surface area contributed by atoms with Crippen LogP contribution >= 0.6 is 0 Å². The van der Waals surface area contributed by atoms with Crippen molar-refractivity contribution in [3.8, 4) is 11.1 Å². The predicted molar refractivity (Wildman–Crippen MR) is 79.5 cm³/mol. The Hall–Kier alpha value is -1.77. The van der Waals surface area contributed by atoms with Gasteiger partial charge in [0.2, 0.25) is 0 Å². The minimum absolute atomic E-state index is 0.0609. The van der Waals surface area contributed by atoms with Crippen molar-refractivity contribution >= 4 is 5.69 Å². The molecule has 19 heavy (non-hydrogen) atoms. The maximum Gasteiger partial charge on any atom is 0.0756 e. The average Bonchev–Trinajstić information content (AvgIpc) is 2.93. The standard InChI is InChI=1S/C16H21N3/c1-16(2,3)15-13(10-19(4)18-15)11-6-5-7-14-12(11)8-9-17-14/h5-7,10,17H,8-9H2,1-4H3. The molecule has 2 aromatic rings. The van der Waals surface area contributed by atoms with Crippen molar-refractivity contribution in [2.45, 2.75) is 32.6 Å². The largest absolute Gasteiger partial charge is 0.384 e. The van der Waals surface area contributed by atoms with Gasteiger partial charge in [0.1, 0.15) is 0 Å². The quantitative estimate of drug-likeness (QED) is 0.847. The number of hydrogen-bond donors (Lipinski definition) is 1. The Morgan fingerprint density at radius 3 is 2.74 bits per heavy atom.